The van der Waals surface area contributed by atoms with Gasteiger partial charge in [0, 0.05) is 50.1 Å². The summed E-state index contributed by atoms with van der Waals surface area (Å²) in [5.74, 6) is 1.01. The third kappa shape index (κ3) is 5.56. The van der Waals surface area contributed by atoms with Gasteiger partial charge in [0.2, 0.25) is 5.96 Å². The first-order valence-corrected chi connectivity index (χ1v) is 11.8. The number of ether oxygens (including phenoxy) is 1. The van der Waals surface area contributed by atoms with Gasteiger partial charge in [0.25, 0.3) is 5.91 Å². The Bertz CT molecular complexity index is 1080. The topological polar surface area (TPSA) is 105 Å². The van der Waals surface area contributed by atoms with E-state index in [2.05, 4.69) is 34.5 Å². The molecule has 1 aliphatic carbocycles. The molecule has 1 spiro atoms. The van der Waals surface area contributed by atoms with Crippen LogP contribution in [0.1, 0.15) is 43.5 Å². The van der Waals surface area contributed by atoms with E-state index in [4.69, 9.17) is 9.73 Å². The van der Waals surface area contributed by atoms with Gasteiger partial charge in [-0.3, -0.25) is 14.6 Å². The first-order chi connectivity index (χ1) is 16.5. The number of benzene rings is 1. The van der Waals surface area contributed by atoms with Crippen molar-refractivity contribution in [2.24, 2.45) is 26.3 Å². The zero-order valence-electron chi connectivity index (χ0n) is 19.7. The van der Waals surface area contributed by atoms with Gasteiger partial charge in [0.05, 0.1) is 23.4 Å². The molecule has 0 radical (unpaired) electrons. The van der Waals surface area contributed by atoms with Crippen molar-refractivity contribution >= 4 is 35.3 Å². The fourth-order valence-electron chi connectivity index (χ4n) is 4.10. The van der Waals surface area contributed by atoms with Gasteiger partial charge in [0.15, 0.2) is 0 Å². The van der Waals surface area contributed by atoms with Gasteiger partial charge in [0.1, 0.15) is 5.78 Å². The van der Waals surface area contributed by atoms with Crippen molar-refractivity contribution in [3.05, 3.63) is 53.8 Å². The second-order valence-electron chi connectivity index (χ2n) is 9.14. The van der Waals surface area contributed by atoms with Crippen molar-refractivity contribution in [1.29, 1.82) is 0 Å². The number of hydrogen-bond donors (Lipinski definition) is 2. The number of anilines is 1. The number of carbonyl (C=O) groups excluding carboxylic acids is 2. The number of guanidine groups is 1. The Balaban J connectivity index is 1.33. The quantitative estimate of drug-likeness (QED) is 0.578. The summed E-state index contributed by atoms with van der Waals surface area (Å²) in [6.07, 6.45) is 8.92. The molecule has 1 aromatic carbocycles. The van der Waals surface area contributed by atoms with Gasteiger partial charge in [-0.2, -0.15) is 0 Å². The lowest BCUT2D eigenvalue weighted by molar-refractivity contribution is -0.118. The number of carbonyl (C=O) groups is 2. The van der Waals surface area contributed by atoms with Crippen molar-refractivity contribution in [2.45, 2.75) is 33.1 Å². The Morgan fingerprint density at radius 2 is 2.06 bits per heavy atom. The van der Waals surface area contributed by atoms with Crippen LogP contribution in [0, 0.1) is 11.3 Å². The van der Waals surface area contributed by atoms with Crippen molar-refractivity contribution < 1.29 is 14.3 Å². The van der Waals surface area contributed by atoms with Crippen LogP contribution < -0.4 is 10.6 Å². The van der Waals surface area contributed by atoms with Crippen molar-refractivity contribution in [3.63, 3.8) is 0 Å². The number of Topliss-reactive ketones (excluding diaryl/α,β-unsaturated/α-hetero) is 1. The van der Waals surface area contributed by atoms with Crippen molar-refractivity contribution in [2.75, 3.05) is 31.6 Å². The highest BCUT2D eigenvalue weighted by molar-refractivity contribution is 6.15. The number of amides is 1. The summed E-state index contributed by atoms with van der Waals surface area (Å²) in [4.78, 5) is 38.5. The summed E-state index contributed by atoms with van der Waals surface area (Å²) in [5.41, 5.74) is 2.42. The van der Waals surface area contributed by atoms with E-state index in [1.807, 2.05) is 30.4 Å². The molecule has 178 valence electrons. The van der Waals surface area contributed by atoms with Crippen LogP contribution in [0.15, 0.2) is 63.2 Å². The molecule has 3 aliphatic rings. The zero-order valence-corrected chi connectivity index (χ0v) is 19.7. The molecular formula is C26H31N5O3. The van der Waals surface area contributed by atoms with E-state index in [-0.39, 0.29) is 11.7 Å². The van der Waals surface area contributed by atoms with Gasteiger partial charge in [-0.1, -0.05) is 19.9 Å². The summed E-state index contributed by atoms with van der Waals surface area (Å²) < 4.78 is 5.53. The lowest BCUT2D eigenvalue weighted by Crippen LogP contribution is -2.41. The fraction of sp³-hybridized carbons (Fsp3) is 0.423. The molecular weight excluding hydrogens is 430 g/mol. The van der Waals surface area contributed by atoms with Crippen LogP contribution >= 0.6 is 0 Å². The molecule has 1 atom stereocenters. The minimum atomic E-state index is -0.578. The van der Waals surface area contributed by atoms with Crippen molar-refractivity contribution in [1.82, 2.24) is 5.32 Å². The molecule has 0 bridgehead atoms. The highest BCUT2D eigenvalue weighted by Gasteiger charge is 2.44. The van der Waals surface area contributed by atoms with Crippen LogP contribution in [0.25, 0.3) is 0 Å². The van der Waals surface area contributed by atoms with E-state index < -0.39 is 5.41 Å². The molecule has 0 aromatic heterocycles. The normalized spacial score (nSPS) is 21.1. The maximum Gasteiger partial charge on any atom is 0.251 e. The Labute approximate surface area is 200 Å². The largest absolute Gasteiger partial charge is 0.381 e. The van der Waals surface area contributed by atoms with E-state index in [0.717, 1.165) is 30.1 Å². The molecule has 4 rings (SSSR count). The molecule has 2 N–H and O–H groups in total. The minimum absolute atomic E-state index is 0.113. The van der Waals surface area contributed by atoms with Crippen molar-refractivity contribution in [3.8, 4) is 0 Å². The van der Waals surface area contributed by atoms with E-state index >= 15 is 0 Å². The highest BCUT2D eigenvalue weighted by Crippen LogP contribution is 2.41. The van der Waals surface area contributed by atoms with Gasteiger partial charge >= 0.3 is 0 Å². The van der Waals surface area contributed by atoms with Gasteiger partial charge < -0.3 is 15.4 Å². The predicted octanol–water partition coefficient (Wildman–Crippen LogP) is 3.58. The molecule has 1 aromatic rings. The number of hydrogen-bond acceptors (Lipinski definition) is 7. The zero-order chi connectivity index (χ0) is 24.0. The fourth-order valence-corrected chi connectivity index (χ4v) is 4.10. The molecule has 8 nitrogen and oxygen atoms in total. The maximum absolute atomic E-state index is 12.4. The van der Waals surface area contributed by atoms with E-state index in [0.29, 0.717) is 50.0 Å². The summed E-state index contributed by atoms with van der Waals surface area (Å²) in [7, 11) is 0. The molecule has 1 amide bonds. The lowest BCUT2D eigenvalue weighted by Gasteiger charge is -2.35. The highest BCUT2D eigenvalue weighted by atomic mass is 16.5. The smallest absolute Gasteiger partial charge is 0.251 e. The molecule has 0 saturated heterocycles. The maximum atomic E-state index is 12.4. The summed E-state index contributed by atoms with van der Waals surface area (Å²) in [6, 6.07) is 7.19. The van der Waals surface area contributed by atoms with Gasteiger partial charge in [-0.15, -0.1) is 0 Å². The average Bonchev–Trinajstić information content (AvgIpc) is 2.98. The van der Waals surface area contributed by atoms with Crippen LogP contribution in [-0.2, 0) is 9.53 Å². The van der Waals surface area contributed by atoms with Crippen LogP contribution in [0.3, 0.4) is 0 Å². The van der Waals surface area contributed by atoms with E-state index in [9.17, 15) is 9.59 Å². The van der Waals surface area contributed by atoms with E-state index in [1.165, 1.54) is 0 Å². The monoisotopic (exact) mass is 461 g/mol. The Morgan fingerprint density at radius 3 is 2.85 bits per heavy atom. The second kappa shape index (κ2) is 10.7. The van der Waals surface area contributed by atoms with Crippen LogP contribution in [0.2, 0.25) is 0 Å². The molecule has 8 heteroatoms. The Morgan fingerprint density at radius 1 is 1.24 bits per heavy atom. The van der Waals surface area contributed by atoms with Crippen LogP contribution in [0.5, 0.6) is 0 Å². The number of allylic oxidation sites excluding steroid dienone is 3. The number of aliphatic imine (C=N–C) groups is 3. The lowest BCUT2D eigenvalue weighted by atomic mass is 9.72. The van der Waals surface area contributed by atoms with Crippen LogP contribution in [-0.4, -0.2) is 55.9 Å². The number of nitrogens with zero attached hydrogens (tertiary/aromatic N) is 3. The summed E-state index contributed by atoms with van der Waals surface area (Å²) in [5, 5.41) is 6.13. The third-order valence-electron chi connectivity index (χ3n) is 5.87. The molecule has 2 aliphatic heterocycles. The Kier molecular flexibility index (Phi) is 7.47. The predicted molar refractivity (Wildman–Crippen MR) is 135 cm³/mol. The molecule has 0 saturated carbocycles. The molecule has 0 fully saturated rings. The van der Waals surface area contributed by atoms with E-state index in [1.54, 1.807) is 18.3 Å². The van der Waals surface area contributed by atoms with Crippen LogP contribution in [0.4, 0.5) is 5.69 Å². The third-order valence-corrected chi connectivity index (χ3v) is 5.87. The first kappa shape index (κ1) is 23.8. The minimum Gasteiger partial charge on any atom is -0.381 e. The first-order valence-electron chi connectivity index (χ1n) is 11.8. The van der Waals surface area contributed by atoms with Gasteiger partial charge in [-0.25, -0.2) is 9.98 Å². The average molecular weight is 462 g/mol. The molecule has 1 unspecified atom stereocenters. The summed E-state index contributed by atoms with van der Waals surface area (Å²) >= 11 is 0. The van der Waals surface area contributed by atoms with Gasteiger partial charge in [-0.05, 0) is 48.8 Å². The number of rotatable bonds is 8. The number of ketones is 1. The Hall–Kier alpha value is -3.39. The molecule has 2 heterocycles. The molecule has 34 heavy (non-hydrogen) atoms. The second-order valence-corrected chi connectivity index (χ2v) is 9.14. The standard InChI is InChI=1S/C26H31N5O3/c1-18(2)16-34-14-4-12-28-24(33)19-7-9-20(10-8-19)30-25-29-17-26-15-21(32)11-13-27-22(26)5-3-6-23(26)31-25/h3,5-10,13,18H,4,11-12,14-17H2,1-2H3,(H,28,33)(H,29,30). The summed E-state index contributed by atoms with van der Waals surface area (Å²) in [6.45, 7) is 6.58. The SMILES string of the molecule is CC(C)COCCCNC(=O)c1ccc(NC2=NCC34CC(=O)CC=NC3=CC=CC4=N2)cc1. The number of nitrogens with one attached hydrogen (secondary N) is 2.